The monoisotopic (exact) mass is 335 g/mol. The molecule has 2 aliphatic rings. The third-order valence-corrected chi connectivity index (χ3v) is 4.58. The number of carbonyl (C=O) groups is 2. The van der Waals surface area contributed by atoms with Gasteiger partial charge in [-0.1, -0.05) is 6.58 Å². The summed E-state index contributed by atoms with van der Waals surface area (Å²) >= 11 is 0. The summed E-state index contributed by atoms with van der Waals surface area (Å²) < 4.78 is 4.96. The van der Waals surface area contributed by atoms with E-state index in [-0.39, 0.29) is 18.3 Å². The first-order valence-electron chi connectivity index (χ1n) is 7.87. The Balaban J connectivity index is 1.71. The molecule has 9 heteroatoms. The van der Waals surface area contributed by atoms with Crippen molar-refractivity contribution in [2.24, 2.45) is 0 Å². The molecule has 3 rings (SSSR count). The van der Waals surface area contributed by atoms with Gasteiger partial charge in [-0.3, -0.25) is 9.59 Å². The lowest BCUT2D eigenvalue weighted by molar-refractivity contribution is -0.163. The highest BCUT2D eigenvalue weighted by Crippen LogP contribution is 2.34. The first-order chi connectivity index (χ1) is 11.4. The number of rotatable bonds is 6. The Labute approximate surface area is 139 Å². The molecule has 9 nitrogen and oxygen atoms in total. The number of aromatic nitrogens is 2. The number of aliphatic hydroxyl groups excluding tert-OH is 1. The Kier molecular flexibility index (Phi) is 4.37. The van der Waals surface area contributed by atoms with Gasteiger partial charge in [0.2, 0.25) is 24.1 Å². The van der Waals surface area contributed by atoms with E-state index in [9.17, 15) is 14.7 Å². The number of aliphatic hydroxyl groups is 1. The van der Waals surface area contributed by atoms with Gasteiger partial charge in [-0.2, -0.15) is 0 Å². The van der Waals surface area contributed by atoms with E-state index in [2.05, 4.69) is 27.4 Å². The molecule has 0 aliphatic carbocycles. The van der Waals surface area contributed by atoms with Crippen molar-refractivity contribution in [3.63, 3.8) is 0 Å². The number of amides is 2. The van der Waals surface area contributed by atoms with Crippen LogP contribution in [-0.4, -0.2) is 62.8 Å². The van der Waals surface area contributed by atoms with Gasteiger partial charge in [0.15, 0.2) is 0 Å². The van der Waals surface area contributed by atoms with Crippen molar-refractivity contribution in [2.45, 2.75) is 44.0 Å². The van der Waals surface area contributed by atoms with E-state index >= 15 is 0 Å². The number of hydrogen-bond donors (Lipinski definition) is 3. The van der Waals surface area contributed by atoms with Crippen LogP contribution in [0.25, 0.3) is 0 Å². The fourth-order valence-corrected chi connectivity index (χ4v) is 3.23. The average Bonchev–Trinajstić information content (AvgIpc) is 3.24. The molecule has 1 aromatic heterocycles. The van der Waals surface area contributed by atoms with Crippen molar-refractivity contribution in [1.82, 2.24) is 25.7 Å². The van der Waals surface area contributed by atoms with Gasteiger partial charge >= 0.3 is 0 Å². The van der Waals surface area contributed by atoms with Gasteiger partial charge in [0.25, 0.3) is 0 Å². The van der Waals surface area contributed by atoms with Crippen molar-refractivity contribution in [1.29, 1.82) is 0 Å². The number of likely N-dealkylation sites (tertiary alicyclic amines) is 1. The van der Waals surface area contributed by atoms with Gasteiger partial charge in [-0.25, -0.2) is 0 Å². The maximum absolute atomic E-state index is 12.6. The van der Waals surface area contributed by atoms with Crippen LogP contribution in [0.5, 0.6) is 0 Å². The molecule has 0 saturated carbocycles. The molecule has 2 amide bonds. The Morgan fingerprint density at radius 2 is 2.46 bits per heavy atom. The highest BCUT2D eigenvalue weighted by Gasteiger charge is 2.57. The second-order valence-electron chi connectivity index (χ2n) is 6.33. The zero-order valence-electron chi connectivity index (χ0n) is 13.5. The summed E-state index contributed by atoms with van der Waals surface area (Å²) in [4.78, 5) is 26.5. The van der Waals surface area contributed by atoms with Crippen LogP contribution in [0, 0.1) is 0 Å². The summed E-state index contributed by atoms with van der Waals surface area (Å²) in [5.74, 6) is -0.390. The standard InChI is InChI=1S/C15H21N5O4/c1-9(2)12(21)11(13(22)16-6-10-19-18-8-24-10)20-7-15(14(20)23)4-3-5-17-15/h8,11-12,17,21H,1,3-7H2,2H3,(H,16,22)/t11-,12+,15?/m0/s1. The van der Waals surface area contributed by atoms with E-state index in [0.29, 0.717) is 12.1 Å². The molecule has 3 N–H and O–H groups in total. The van der Waals surface area contributed by atoms with Crippen molar-refractivity contribution in [3.05, 3.63) is 24.4 Å². The summed E-state index contributed by atoms with van der Waals surface area (Å²) in [6.45, 7) is 6.54. The third-order valence-electron chi connectivity index (χ3n) is 4.58. The molecule has 3 atom stereocenters. The lowest BCUT2D eigenvalue weighted by atomic mass is 9.84. The molecule has 1 unspecified atom stereocenters. The van der Waals surface area contributed by atoms with Crippen LogP contribution in [0.1, 0.15) is 25.7 Å². The zero-order chi connectivity index (χ0) is 17.3. The molecule has 0 radical (unpaired) electrons. The lowest BCUT2D eigenvalue weighted by Crippen LogP contribution is -2.76. The summed E-state index contributed by atoms with van der Waals surface area (Å²) in [6.07, 6.45) is 1.70. The van der Waals surface area contributed by atoms with Crippen molar-refractivity contribution >= 4 is 11.8 Å². The number of β-lactam (4-membered cyclic amide) rings is 1. The number of nitrogens with zero attached hydrogens (tertiary/aromatic N) is 3. The zero-order valence-corrected chi connectivity index (χ0v) is 13.5. The molecule has 24 heavy (non-hydrogen) atoms. The maximum atomic E-state index is 12.6. The molecular formula is C15H21N5O4. The van der Waals surface area contributed by atoms with E-state index in [1.54, 1.807) is 6.92 Å². The molecule has 1 aromatic rings. The first kappa shape index (κ1) is 16.6. The van der Waals surface area contributed by atoms with Crippen LogP contribution in [-0.2, 0) is 16.1 Å². The fourth-order valence-electron chi connectivity index (χ4n) is 3.23. The Morgan fingerprint density at radius 3 is 3.00 bits per heavy atom. The second kappa shape index (κ2) is 6.33. The van der Waals surface area contributed by atoms with Crippen LogP contribution < -0.4 is 10.6 Å². The molecule has 2 fully saturated rings. The predicted molar refractivity (Wildman–Crippen MR) is 82.4 cm³/mol. The molecule has 0 bridgehead atoms. The number of nitrogens with one attached hydrogen (secondary N) is 2. The number of hydrogen-bond acceptors (Lipinski definition) is 7. The predicted octanol–water partition coefficient (Wildman–Crippen LogP) is -1.04. The van der Waals surface area contributed by atoms with Crippen LogP contribution in [0.2, 0.25) is 0 Å². The average molecular weight is 335 g/mol. The Bertz CT molecular complexity index is 638. The minimum atomic E-state index is -1.14. The number of carbonyl (C=O) groups excluding carboxylic acids is 2. The van der Waals surface area contributed by atoms with Gasteiger partial charge in [-0.05, 0) is 31.9 Å². The van der Waals surface area contributed by atoms with E-state index in [1.165, 1.54) is 4.90 Å². The minimum absolute atomic E-state index is 0.0314. The van der Waals surface area contributed by atoms with E-state index < -0.39 is 23.6 Å². The van der Waals surface area contributed by atoms with Gasteiger partial charge in [-0.15, -0.1) is 10.2 Å². The van der Waals surface area contributed by atoms with Crippen molar-refractivity contribution < 1.29 is 19.1 Å². The second-order valence-corrected chi connectivity index (χ2v) is 6.33. The van der Waals surface area contributed by atoms with Crippen LogP contribution in [0.15, 0.2) is 23.0 Å². The summed E-state index contributed by atoms with van der Waals surface area (Å²) in [6, 6.07) is -1.02. The first-order valence-corrected chi connectivity index (χ1v) is 7.87. The minimum Gasteiger partial charge on any atom is -0.426 e. The van der Waals surface area contributed by atoms with Gasteiger partial charge < -0.3 is 25.1 Å². The molecule has 2 aliphatic heterocycles. The van der Waals surface area contributed by atoms with E-state index in [1.807, 2.05) is 0 Å². The molecule has 1 spiro atoms. The maximum Gasteiger partial charge on any atom is 0.246 e. The van der Waals surface area contributed by atoms with Crippen LogP contribution in [0.3, 0.4) is 0 Å². The fraction of sp³-hybridized carbons (Fsp3) is 0.600. The van der Waals surface area contributed by atoms with E-state index in [4.69, 9.17) is 4.42 Å². The SMILES string of the molecule is C=C(C)[C@@H](O)[C@@H](C(=O)NCc1nnco1)N1CC2(CCCN2)C1=O. The van der Waals surface area contributed by atoms with Crippen molar-refractivity contribution in [2.75, 3.05) is 13.1 Å². The van der Waals surface area contributed by atoms with Gasteiger partial charge in [0, 0.05) is 6.54 Å². The van der Waals surface area contributed by atoms with Crippen molar-refractivity contribution in [3.8, 4) is 0 Å². The quantitative estimate of drug-likeness (QED) is 0.448. The van der Waals surface area contributed by atoms with E-state index in [0.717, 1.165) is 25.8 Å². The highest BCUT2D eigenvalue weighted by molar-refractivity contribution is 5.97. The van der Waals surface area contributed by atoms with Gasteiger partial charge in [0.05, 0.1) is 6.54 Å². The largest absolute Gasteiger partial charge is 0.426 e. The normalized spacial score (nSPS) is 25.4. The lowest BCUT2D eigenvalue weighted by Gasteiger charge is -2.50. The molecule has 130 valence electrons. The Hall–Kier alpha value is -2.26. The van der Waals surface area contributed by atoms with Crippen LogP contribution >= 0.6 is 0 Å². The van der Waals surface area contributed by atoms with Crippen LogP contribution in [0.4, 0.5) is 0 Å². The highest BCUT2D eigenvalue weighted by atomic mass is 16.4. The summed E-state index contributed by atoms with van der Waals surface area (Å²) in [5, 5.41) is 23.4. The smallest absolute Gasteiger partial charge is 0.246 e. The molecular weight excluding hydrogens is 314 g/mol. The summed E-state index contributed by atoms with van der Waals surface area (Å²) in [7, 11) is 0. The summed E-state index contributed by atoms with van der Waals surface area (Å²) in [5.41, 5.74) is -0.152. The molecule has 0 aromatic carbocycles. The van der Waals surface area contributed by atoms with Gasteiger partial charge in [0.1, 0.15) is 17.7 Å². The topological polar surface area (TPSA) is 121 Å². The Morgan fingerprint density at radius 1 is 1.67 bits per heavy atom. The third kappa shape index (κ3) is 2.80. The molecule has 3 heterocycles. The molecule has 2 saturated heterocycles.